The summed E-state index contributed by atoms with van der Waals surface area (Å²) in [4.78, 5) is 24.4. The number of hydrogen-bond acceptors (Lipinski definition) is 4. The smallest absolute Gasteiger partial charge is 0.338 e. The molecule has 0 saturated carbocycles. The Morgan fingerprint density at radius 2 is 1.79 bits per heavy atom. The average Bonchev–Trinajstić information content (AvgIpc) is 2.69. The minimum atomic E-state index is -0.685. The standard InChI is InChI=1S/C23H23NO4/c1-4-27-23(26)18-12-13-20(15(2)14-18)24-22(25)16(3)28-21-11-7-9-17-8-5-6-10-19(17)21/h5-14,16H,4H2,1-3H3,(H,24,25). The predicted octanol–water partition coefficient (Wildman–Crippen LogP) is 4.73. The van der Waals surface area contributed by atoms with E-state index in [2.05, 4.69) is 5.32 Å². The molecule has 0 saturated heterocycles. The van der Waals surface area contributed by atoms with E-state index < -0.39 is 6.10 Å². The zero-order valence-electron chi connectivity index (χ0n) is 16.2. The number of amides is 1. The third-order valence-corrected chi connectivity index (χ3v) is 4.42. The predicted molar refractivity (Wildman–Crippen MR) is 110 cm³/mol. The zero-order chi connectivity index (χ0) is 20.1. The van der Waals surface area contributed by atoms with Crippen molar-refractivity contribution in [3.63, 3.8) is 0 Å². The topological polar surface area (TPSA) is 64.6 Å². The zero-order valence-corrected chi connectivity index (χ0v) is 16.2. The molecule has 28 heavy (non-hydrogen) atoms. The van der Waals surface area contributed by atoms with Gasteiger partial charge in [-0.2, -0.15) is 0 Å². The largest absolute Gasteiger partial charge is 0.480 e. The summed E-state index contributed by atoms with van der Waals surface area (Å²) in [6, 6.07) is 18.7. The Morgan fingerprint density at radius 1 is 1.04 bits per heavy atom. The van der Waals surface area contributed by atoms with E-state index in [1.54, 1.807) is 32.0 Å². The maximum absolute atomic E-state index is 12.6. The van der Waals surface area contributed by atoms with Crippen LogP contribution in [0, 0.1) is 6.92 Å². The molecule has 0 aromatic heterocycles. The molecule has 1 amide bonds. The van der Waals surface area contributed by atoms with Gasteiger partial charge in [-0.25, -0.2) is 4.79 Å². The van der Waals surface area contributed by atoms with E-state index in [-0.39, 0.29) is 11.9 Å². The number of nitrogens with one attached hydrogen (secondary N) is 1. The first-order chi connectivity index (χ1) is 13.5. The van der Waals surface area contributed by atoms with E-state index in [1.807, 2.05) is 49.4 Å². The molecule has 0 spiro atoms. The quantitative estimate of drug-likeness (QED) is 0.631. The van der Waals surface area contributed by atoms with E-state index in [9.17, 15) is 9.59 Å². The van der Waals surface area contributed by atoms with Crippen LogP contribution in [0.5, 0.6) is 5.75 Å². The molecule has 3 rings (SSSR count). The Morgan fingerprint density at radius 3 is 2.54 bits per heavy atom. The summed E-state index contributed by atoms with van der Waals surface area (Å²) in [7, 11) is 0. The van der Waals surface area contributed by atoms with Crippen molar-refractivity contribution in [1.29, 1.82) is 0 Å². The molecular formula is C23H23NO4. The van der Waals surface area contributed by atoms with Crippen LogP contribution in [0.3, 0.4) is 0 Å². The summed E-state index contributed by atoms with van der Waals surface area (Å²) in [5.74, 6) is 0.0196. The van der Waals surface area contributed by atoms with Gasteiger partial charge in [0.1, 0.15) is 5.75 Å². The number of ether oxygens (including phenoxy) is 2. The molecule has 5 nitrogen and oxygen atoms in total. The summed E-state index contributed by atoms with van der Waals surface area (Å²) >= 11 is 0. The first kappa shape index (κ1) is 19.4. The Bertz CT molecular complexity index is 1010. The number of hydrogen-bond donors (Lipinski definition) is 1. The van der Waals surface area contributed by atoms with Crippen LogP contribution >= 0.6 is 0 Å². The molecule has 0 bridgehead atoms. The van der Waals surface area contributed by atoms with Crippen molar-refractivity contribution in [3.05, 3.63) is 71.8 Å². The van der Waals surface area contributed by atoms with Crippen LogP contribution in [0.2, 0.25) is 0 Å². The molecule has 0 aliphatic carbocycles. The summed E-state index contributed by atoms with van der Waals surface area (Å²) in [6.07, 6.45) is -0.685. The highest BCUT2D eigenvalue weighted by Gasteiger charge is 2.17. The van der Waals surface area contributed by atoms with E-state index in [1.165, 1.54) is 0 Å². The van der Waals surface area contributed by atoms with Gasteiger partial charge >= 0.3 is 5.97 Å². The lowest BCUT2D eigenvalue weighted by atomic mass is 10.1. The van der Waals surface area contributed by atoms with Crippen molar-refractivity contribution in [2.45, 2.75) is 26.9 Å². The van der Waals surface area contributed by atoms with Gasteiger partial charge in [-0.05, 0) is 56.0 Å². The van der Waals surface area contributed by atoms with Crippen LogP contribution in [-0.2, 0) is 9.53 Å². The van der Waals surface area contributed by atoms with Crippen molar-refractivity contribution >= 4 is 28.3 Å². The summed E-state index contributed by atoms with van der Waals surface area (Å²) in [5.41, 5.74) is 1.86. The van der Waals surface area contributed by atoms with Crippen LogP contribution in [-0.4, -0.2) is 24.6 Å². The molecule has 0 aliphatic heterocycles. The van der Waals surface area contributed by atoms with Crippen molar-refractivity contribution in [3.8, 4) is 5.75 Å². The molecular weight excluding hydrogens is 354 g/mol. The third-order valence-electron chi connectivity index (χ3n) is 4.42. The molecule has 0 radical (unpaired) electrons. The van der Waals surface area contributed by atoms with E-state index in [4.69, 9.17) is 9.47 Å². The van der Waals surface area contributed by atoms with E-state index in [0.717, 1.165) is 16.3 Å². The first-order valence-electron chi connectivity index (χ1n) is 9.22. The first-order valence-corrected chi connectivity index (χ1v) is 9.22. The van der Waals surface area contributed by atoms with Gasteiger partial charge in [-0.15, -0.1) is 0 Å². The molecule has 3 aromatic carbocycles. The Balaban J connectivity index is 1.71. The molecule has 1 unspecified atom stereocenters. The molecule has 0 aliphatic rings. The number of aryl methyl sites for hydroxylation is 1. The van der Waals surface area contributed by atoms with Crippen LogP contribution in [0.15, 0.2) is 60.7 Å². The van der Waals surface area contributed by atoms with Crippen molar-refractivity contribution in [1.82, 2.24) is 0 Å². The Kier molecular flexibility index (Phi) is 5.94. The maximum Gasteiger partial charge on any atom is 0.338 e. The summed E-state index contributed by atoms with van der Waals surface area (Å²) in [5, 5.41) is 4.87. The SMILES string of the molecule is CCOC(=O)c1ccc(NC(=O)C(C)Oc2cccc3ccccc23)c(C)c1. The fourth-order valence-electron chi connectivity index (χ4n) is 2.92. The van der Waals surface area contributed by atoms with Gasteiger partial charge in [0.25, 0.3) is 5.91 Å². The van der Waals surface area contributed by atoms with Crippen LogP contribution in [0.25, 0.3) is 10.8 Å². The number of esters is 1. The highest BCUT2D eigenvalue weighted by atomic mass is 16.5. The molecule has 5 heteroatoms. The lowest BCUT2D eigenvalue weighted by Crippen LogP contribution is -2.30. The number of carbonyl (C=O) groups is 2. The number of fused-ring (bicyclic) bond motifs is 1. The number of carbonyl (C=O) groups excluding carboxylic acids is 2. The molecule has 0 heterocycles. The van der Waals surface area contributed by atoms with Gasteiger partial charge in [-0.3, -0.25) is 4.79 Å². The highest BCUT2D eigenvalue weighted by Crippen LogP contribution is 2.26. The van der Waals surface area contributed by atoms with Gasteiger partial charge in [0, 0.05) is 11.1 Å². The summed E-state index contributed by atoms with van der Waals surface area (Å²) in [6.45, 7) is 5.62. The molecule has 144 valence electrons. The third kappa shape index (κ3) is 4.31. The lowest BCUT2D eigenvalue weighted by Gasteiger charge is -2.17. The van der Waals surface area contributed by atoms with Gasteiger partial charge in [0.15, 0.2) is 6.10 Å². The number of rotatable bonds is 6. The Hall–Kier alpha value is -3.34. The monoisotopic (exact) mass is 377 g/mol. The summed E-state index contributed by atoms with van der Waals surface area (Å²) < 4.78 is 10.9. The van der Waals surface area contributed by atoms with E-state index in [0.29, 0.717) is 23.6 Å². The minimum Gasteiger partial charge on any atom is -0.480 e. The second kappa shape index (κ2) is 8.57. The van der Waals surface area contributed by atoms with Crippen LogP contribution in [0.4, 0.5) is 5.69 Å². The molecule has 1 atom stereocenters. The van der Waals surface area contributed by atoms with Gasteiger partial charge < -0.3 is 14.8 Å². The molecule has 3 aromatic rings. The molecule has 0 fully saturated rings. The van der Waals surface area contributed by atoms with E-state index >= 15 is 0 Å². The second-order valence-corrected chi connectivity index (χ2v) is 6.48. The van der Waals surface area contributed by atoms with Crippen molar-refractivity contribution in [2.24, 2.45) is 0 Å². The molecule has 1 N–H and O–H groups in total. The van der Waals surface area contributed by atoms with Crippen molar-refractivity contribution < 1.29 is 19.1 Å². The van der Waals surface area contributed by atoms with Crippen LogP contribution < -0.4 is 10.1 Å². The maximum atomic E-state index is 12.6. The van der Waals surface area contributed by atoms with Gasteiger partial charge in [0.05, 0.1) is 12.2 Å². The number of benzene rings is 3. The van der Waals surface area contributed by atoms with Gasteiger partial charge in [0.2, 0.25) is 0 Å². The normalized spacial score (nSPS) is 11.7. The fourth-order valence-corrected chi connectivity index (χ4v) is 2.92. The second-order valence-electron chi connectivity index (χ2n) is 6.48. The fraction of sp³-hybridized carbons (Fsp3) is 0.217. The van der Waals surface area contributed by atoms with Crippen LogP contribution in [0.1, 0.15) is 29.8 Å². The number of anilines is 1. The minimum absolute atomic E-state index is 0.264. The average molecular weight is 377 g/mol. The van der Waals surface area contributed by atoms with Crippen molar-refractivity contribution in [2.75, 3.05) is 11.9 Å². The Labute approximate surface area is 164 Å². The highest BCUT2D eigenvalue weighted by molar-refractivity contribution is 5.96. The lowest BCUT2D eigenvalue weighted by molar-refractivity contribution is -0.122. The van der Waals surface area contributed by atoms with Gasteiger partial charge in [-0.1, -0.05) is 36.4 Å².